The van der Waals surface area contributed by atoms with Crippen LogP contribution in [-0.4, -0.2) is 21.2 Å². The molecule has 0 aromatic carbocycles. The van der Waals surface area contributed by atoms with Crippen molar-refractivity contribution in [3.8, 4) is 0 Å². The smallest absolute Gasteiger partial charge is 0.209 e. The largest absolute Gasteiger partial charge is 0.465 e. The first-order chi connectivity index (χ1) is 8.60. The fourth-order valence-corrected chi connectivity index (χ4v) is 2.79. The Bertz CT molecular complexity index is 508. The van der Waals surface area contributed by atoms with Gasteiger partial charge in [-0.25, -0.2) is 4.98 Å². The van der Waals surface area contributed by atoms with E-state index in [0.29, 0.717) is 5.16 Å². The first-order valence-corrected chi connectivity index (χ1v) is 6.85. The number of rotatable bonds is 5. The average molecular weight is 266 g/mol. The van der Waals surface area contributed by atoms with Crippen LogP contribution in [0, 0.1) is 13.8 Å². The quantitative estimate of drug-likeness (QED) is 0.813. The second-order valence-corrected chi connectivity index (χ2v) is 5.37. The van der Waals surface area contributed by atoms with Crippen LogP contribution in [0.4, 0.5) is 0 Å². The summed E-state index contributed by atoms with van der Waals surface area (Å²) in [4.78, 5) is 4.30. The molecule has 0 amide bonds. The molecule has 6 heteroatoms. The number of hydrogen-bond acceptors (Lipinski definition) is 5. The molecular weight excluding hydrogens is 248 g/mol. The Kier molecular flexibility index (Phi) is 4.08. The number of furan rings is 1. The Labute approximate surface area is 111 Å². The molecular formula is C12H18N4OS. The molecule has 0 saturated heterocycles. The third-order valence-corrected chi connectivity index (χ3v) is 3.94. The van der Waals surface area contributed by atoms with E-state index in [9.17, 15) is 0 Å². The first kappa shape index (κ1) is 13.2. The van der Waals surface area contributed by atoms with E-state index in [1.54, 1.807) is 0 Å². The van der Waals surface area contributed by atoms with Crippen molar-refractivity contribution in [2.45, 2.75) is 43.6 Å². The van der Waals surface area contributed by atoms with E-state index < -0.39 is 0 Å². The zero-order valence-electron chi connectivity index (χ0n) is 10.8. The summed E-state index contributed by atoms with van der Waals surface area (Å²) in [5.74, 6) is 2.58. The Balaban J connectivity index is 2.20. The molecule has 2 unspecified atom stereocenters. The zero-order valence-corrected chi connectivity index (χ0v) is 11.6. The van der Waals surface area contributed by atoms with Crippen LogP contribution in [0.5, 0.6) is 0 Å². The highest BCUT2D eigenvalue weighted by atomic mass is 32.2. The van der Waals surface area contributed by atoms with E-state index in [1.807, 2.05) is 26.0 Å². The molecule has 0 radical (unpaired) electrons. The van der Waals surface area contributed by atoms with Gasteiger partial charge >= 0.3 is 0 Å². The van der Waals surface area contributed by atoms with Crippen LogP contribution in [-0.2, 0) is 0 Å². The van der Waals surface area contributed by atoms with Gasteiger partial charge in [-0.3, -0.25) is 5.10 Å². The summed E-state index contributed by atoms with van der Waals surface area (Å²) in [6.45, 7) is 5.87. The first-order valence-electron chi connectivity index (χ1n) is 5.97. The summed E-state index contributed by atoms with van der Waals surface area (Å²) in [6.07, 6.45) is 0.876. The number of aromatic nitrogens is 3. The molecule has 0 aliphatic rings. The standard InChI is InChI=1S/C12H18N4OS/c1-4-9(13)11(10-6-5-7(2)17-10)18-12-14-8(3)15-16-12/h5-6,9,11H,4,13H2,1-3H3,(H,14,15,16). The highest BCUT2D eigenvalue weighted by Crippen LogP contribution is 2.37. The lowest BCUT2D eigenvalue weighted by atomic mass is 10.1. The number of hydrogen-bond donors (Lipinski definition) is 2. The topological polar surface area (TPSA) is 80.7 Å². The summed E-state index contributed by atoms with van der Waals surface area (Å²) in [5.41, 5.74) is 6.17. The lowest BCUT2D eigenvalue weighted by molar-refractivity contribution is 0.454. The van der Waals surface area contributed by atoms with Crippen LogP contribution in [0.15, 0.2) is 21.7 Å². The van der Waals surface area contributed by atoms with Gasteiger partial charge in [0.2, 0.25) is 5.16 Å². The Morgan fingerprint density at radius 1 is 1.44 bits per heavy atom. The minimum absolute atomic E-state index is 0.0133. The third-order valence-electron chi connectivity index (χ3n) is 2.71. The van der Waals surface area contributed by atoms with Crippen molar-refractivity contribution >= 4 is 11.8 Å². The lowest BCUT2D eigenvalue weighted by Gasteiger charge is -2.18. The number of H-pyrrole nitrogens is 1. The highest BCUT2D eigenvalue weighted by Gasteiger charge is 2.24. The van der Waals surface area contributed by atoms with Gasteiger partial charge in [0.1, 0.15) is 17.3 Å². The SMILES string of the molecule is CCC(N)C(Sc1n[nH]c(C)n1)c1ccc(C)o1. The molecule has 5 nitrogen and oxygen atoms in total. The molecule has 0 aliphatic heterocycles. The Hall–Kier alpha value is -1.27. The Morgan fingerprint density at radius 2 is 2.22 bits per heavy atom. The van der Waals surface area contributed by atoms with E-state index in [0.717, 1.165) is 23.8 Å². The van der Waals surface area contributed by atoms with Crippen molar-refractivity contribution in [2.24, 2.45) is 5.73 Å². The van der Waals surface area contributed by atoms with Gasteiger partial charge in [-0.15, -0.1) is 5.10 Å². The molecule has 2 aromatic rings. The molecule has 0 spiro atoms. The summed E-state index contributed by atoms with van der Waals surface area (Å²) in [5, 5.41) is 7.71. The minimum Gasteiger partial charge on any atom is -0.465 e. The molecule has 2 heterocycles. The number of aromatic amines is 1. The number of aryl methyl sites for hydroxylation is 2. The number of thioether (sulfide) groups is 1. The predicted octanol–water partition coefficient (Wildman–Crippen LogP) is 2.59. The number of nitrogens with zero attached hydrogens (tertiary/aromatic N) is 2. The van der Waals surface area contributed by atoms with Crippen LogP contribution in [0.1, 0.15) is 35.9 Å². The van der Waals surface area contributed by atoms with Gasteiger partial charge in [0, 0.05) is 6.04 Å². The van der Waals surface area contributed by atoms with Crippen molar-refractivity contribution in [1.29, 1.82) is 0 Å². The molecule has 3 N–H and O–H groups in total. The van der Waals surface area contributed by atoms with Crippen LogP contribution >= 0.6 is 11.8 Å². The van der Waals surface area contributed by atoms with Crippen molar-refractivity contribution in [2.75, 3.05) is 0 Å². The van der Waals surface area contributed by atoms with Crippen LogP contribution in [0.2, 0.25) is 0 Å². The van der Waals surface area contributed by atoms with Gasteiger partial charge in [-0.2, -0.15) is 0 Å². The van der Waals surface area contributed by atoms with E-state index in [2.05, 4.69) is 22.1 Å². The van der Waals surface area contributed by atoms with Crippen LogP contribution in [0.3, 0.4) is 0 Å². The molecule has 98 valence electrons. The van der Waals surface area contributed by atoms with Crippen molar-refractivity contribution in [1.82, 2.24) is 15.2 Å². The zero-order chi connectivity index (χ0) is 13.1. The summed E-state index contributed by atoms with van der Waals surface area (Å²) >= 11 is 1.54. The van der Waals surface area contributed by atoms with Crippen molar-refractivity contribution in [3.05, 3.63) is 29.5 Å². The van der Waals surface area contributed by atoms with Crippen LogP contribution in [0.25, 0.3) is 0 Å². The molecule has 18 heavy (non-hydrogen) atoms. The van der Waals surface area contributed by atoms with E-state index in [4.69, 9.17) is 10.2 Å². The minimum atomic E-state index is 0.0133. The predicted molar refractivity (Wildman–Crippen MR) is 71.4 cm³/mol. The molecule has 0 aliphatic carbocycles. The van der Waals surface area contributed by atoms with Crippen molar-refractivity contribution < 1.29 is 4.42 Å². The molecule has 2 aromatic heterocycles. The fraction of sp³-hybridized carbons (Fsp3) is 0.500. The summed E-state index contributed by atoms with van der Waals surface area (Å²) in [6, 6.07) is 3.94. The van der Waals surface area contributed by atoms with Gasteiger partial charge < -0.3 is 10.2 Å². The van der Waals surface area contributed by atoms with Crippen molar-refractivity contribution in [3.63, 3.8) is 0 Å². The monoisotopic (exact) mass is 266 g/mol. The molecule has 0 saturated carbocycles. The highest BCUT2D eigenvalue weighted by molar-refractivity contribution is 7.99. The van der Waals surface area contributed by atoms with Gasteiger partial charge in [-0.05, 0) is 32.4 Å². The lowest BCUT2D eigenvalue weighted by Crippen LogP contribution is -2.25. The van der Waals surface area contributed by atoms with Crippen LogP contribution < -0.4 is 5.73 Å². The second-order valence-electron chi connectivity index (χ2n) is 4.26. The third kappa shape index (κ3) is 2.94. The number of nitrogens with two attached hydrogens (primary N) is 1. The van der Waals surface area contributed by atoms with E-state index in [1.165, 1.54) is 11.8 Å². The summed E-state index contributed by atoms with van der Waals surface area (Å²) in [7, 11) is 0. The molecule has 2 rings (SSSR count). The summed E-state index contributed by atoms with van der Waals surface area (Å²) < 4.78 is 5.68. The maximum atomic E-state index is 6.17. The molecule has 0 fully saturated rings. The van der Waals surface area contributed by atoms with E-state index in [-0.39, 0.29) is 11.3 Å². The number of nitrogens with one attached hydrogen (secondary N) is 1. The second kappa shape index (κ2) is 5.58. The molecule has 0 bridgehead atoms. The molecule has 2 atom stereocenters. The van der Waals surface area contributed by atoms with E-state index >= 15 is 0 Å². The normalized spacial score (nSPS) is 14.7. The Morgan fingerprint density at radius 3 is 2.72 bits per heavy atom. The average Bonchev–Trinajstić information content (AvgIpc) is 2.94. The van der Waals surface area contributed by atoms with Gasteiger partial charge in [0.05, 0.1) is 5.25 Å². The maximum Gasteiger partial charge on any atom is 0.209 e. The van der Waals surface area contributed by atoms with Gasteiger partial charge in [0.25, 0.3) is 0 Å². The maximum absolute atomic E-state index is 6.17. The van der Waals surface area contributed by atoms with Gasteiger partial charge in [0.15, 0.2) is 0 Å². The fourth-order valence-electron chi connectivity index (χ4n) is 1.67. The van der Waals surface area contributed by atoms with Gasteiger partial charge in [-0.1, -0.05) is 18.7 Å².